The molecule has 14 heavy (non-hydrogen) atoms. The average molecular weight is 216 g/mol. The van der Waals surface area contributed by atoms with Crippen molar-refractivity contribution < 1.29 is 14.0 Å². The zero-order valence-corrected chi connectivity index (χ0v) is 10.5. The van der Waals surface area contributed by atoms with Gasteiger partial charge in [0.05, 0.1) is 6.61 Å². The Morgan fingerprint density at radius 3 is 2.43 bits per heavy atom. The Labute approximate surface area is 87.2 Å². The van der Waals surface area contributed by atoms with Crippen LogP contribution in [0, 0.1) is 5.92 Å². The Morgan fingerprint density at radius 1 is 1.43 bits per heavy atom. The van der Waals surface area contributed by atoms with Crippen LogP contribution in [0.5, 0.6) is 0 Å². The zero-order chi connectivity index (χ0) is 11.2. The van der Waals surface area contributed by atoms with Crippen LogP contribution in [-0.2, 0) is 14.0 Å². The highest BCUT2D eigenvalue weighted by atomic mass is 28.4. The van der Waals surface area contributed by atoms with Crippen LogP contribution >= 0.6 is 0 Å². The number of hydrogen-bond donors (Lipinski definition) is 0. The van der Waals surface area contributed by atoms with E-state index in [1.54, 1.807) is 0 Å². The molecule has 1 unspecified atom stereocenters. The molecule has 0 bridgehead atoms. The molecule has 0 aliphatic rings. The van der Waals surface area contributed by atoms with Gasteiger partial charge < -0.3 is 9.16 Å². The zero-order valence-electron chi connectivity index (χ0n) is 9.50. The first kappa shape index (κ1) is 13.4. The van der Waals surface area contributed by atoms with Crippen LogP contribution in [-0.4, -0.2) is 27.5 Å². The lowest BCUT2D eigenvalue weighted by Crippen LogP contribution is -2.29. The van der Waals surface area contributed by atoms with Gasteiger partial charge in [-0.3, -0.25) is 0 Å². The minimum atomic E-state index is -1.45. The standard InChI is InChI=1S/C10H20O3Si/c1-6-10(11)12-7-9(2)8-13-14(3,4)5/h6,9H,1,7-8H2,2-5H3. The van der Waals surface area contributed by atoms with Crippen LogP contribution < -0.4 is 0 Å². The summed E-state index contributed by atoms with van der Waals surface area (Å²) in [6.45, 7) is 12.8. The quantitative estimate of drug-likeness (QED) is 0.388. The third-order valence-electron chi connectivity index (χ3n) is 1.48. The molecule has 0 aliphatic heterocycles. The molecule has 3 nitrogen and oxygen atoms in total. The molecule has 0 radical (unpaired) electrons. The number of carbonyl (C=O) groups excluding carboxylic acids is 1. The largest absolute Gasteiger partial charge is 0.462 e. The maximum atomic E-state index is 10.7. The lowest BCUT2D eigenvalue weighted by atomic mass is 10.2. The molecule has 4 heteroatoms. The Bertz CT molecular complexity index is 196. The molecule has 0 saturated heterocycles. The van der Waals surface area contributed by atoms with Gasteiger partial charge in [0, 0.05) is 18.6 Å². The Balaban J connectivity index is 3.61. The van der Waals surface area contributed by atoms with Gasteiger partial charge in [-0.2, -0.15) is 0 Å². The molecule has 0 aromatic heterocycles. The van der Waals surface area contributed by atoms with Crippen molar-refractivity contribution in [2.24, 2.45) is 5.92 Å². The second kappa shape index (κ2) is 5.98. The van der Waals surface area contributed by atoms with E-state index in [1.807, 2.05) is 6.92 Å². The second-order valence-corrected chi connectivity index (χ2v) is 8.88. The molecule has 0 spiro atoms. The van der Waals surface area contributed by atoms with E-state index in [1.165, 1.54) is 6.08 Å². The molecule has 0 fully saturated rings. The van der Waals surface area contributed by atoms with Crippen LogP contribution in [0.1, 0.15) is 6.92 Å². The van der Waals surface area contributed by atoms with Crippen molar-refractivity contribution in [3.05, 3.63) is 12.7 Å². The van der Waals surface area contributed by atoms with Crippen molar-refractivity contribution in [3.63, 3.8) is 0 Å². The fraction of sp³-hybridized carbons (Fsp3) is 0.700. The van der Waals surface area contributed by atoms with Crippen LogP contribution in [0.4, 0.5) is 0 Å². The van der Waals surface area contributed by atoms with E-state index in [-0.39, 0.29) is 11.9 Å². The summed E-state index contributed by atoms with van der Waals surface area (Å²) in [5.74, 6) is -0.129. The molecule has 0 amide bonds. The van der Waals surface area contributed by atoms with Gasteiger partial charge in [0.15, 0.2) is 8.32 Å². The van der Waals surface area contributed by atoms with E-state index in [2.05, 4.69) is 26.2 Å². The fourth-order valence-corrected chi connectivity index (χ4v) is 1.51. The van der Waals surface area contributed by atoms with Gasteiger partial charge in [0.1, 0.15) is 0 Å². The molecule has 0 aromatic carbocycles. The summed E-state index contributed by atoms with van der Waals surface area (Å²) in [6.07, 6.45) is 1.17. The summed E-state index contributed by atoms with van der Waals surface area (Å²) in [5, 5.41) is 0. The van der Waals surface area contributed by atoms with E-state index in [9.17, 15) is 4.79 Å². The first-order valence-corrected chi connectivity index (χ1v) is 8.19. The van der Waals surface area contributed by atoms with Gasteiger partial charge in [0.25, 0.3) is 0 Å². The predicted octanol–water partition coefficient (Wildman–Crippen LogP) is 2.20. The van der Waals surface area contributed by atoms with Crippen molar-refractivity contribution in [1.82, 2.24) is 0 Å². The van der Waals surface area contributed by atoms with Crippen LogP contribution in [0.15, 0.2) is 12.7 Å². The van der Waals surface area contributed by atoms with Gasteiger partial charge in [-0.15, -0.1) is 0 Å². The normalized spacial score (nSPS) is 13.4. The van der Waals surface area contributed by atoms with Gasteiger partial charge >= 0.3 is 5.97 Å². The minimum Gasteiger partial charge on any atom is -0.462 e. The molecular formula is C10H20O3Si. The van der Waals surface area contributed by atoms with Crippen LogP contribution in [0.3, 0.4) is 0 Å². The molecule has 0 aromatic rings. The van der Waals surface area contributed by atoms with Gasteiger partial charge in [-0.1, -0.05) is 13.5 Å². The van der Waals surface area contributed by atoms with E-state index < -0.39 is 8.32 Å². The number of ether oxygens (including phenoxy) is 1. The first-order valence-electron chi connectivity index (χ1n) is 4.78. The summed E-state index contributed by atoms with van der Waals surface area (Å²) in [6, 6.07) is 0. The van der Waals surface area contributed by atoms with Crippen LogP contribution in [0.25, 0.3) is 0 Å². The monoisotopic (exact) mass is 216 g/mol. The summed E-state index contributed by atoms with van der Waals surface area (Å²) < 4.78 is 10.6. The van der Waals surface area contributed by atoms with E-state index in [0.29, 0.717) is 13.2 Å². The maximum absolute atomic E-state index is 10.7. The van der Waals surface area contributed by atoms with Crippen molar-refractivity contribution in [3.8, 4) is 0 Å². The van der Waals surface area contributed by atoms with Crippen LogP contribution in [0.2, 0.25) is 19.6 Å². The van der Waals surface area contributed by atoms with Gasteiger partial charge in [0.2, 0.25) is 0 Å². The first-order chi connectivity index (χ1) is 6.35. The predicted molar refractivity (Wildman–Crippen MR) is 59.6 cm³/mol. The SMILES string of the molecule is C=CC(=O)OCC(C)CO[Si](C)(C)C. The molecule has 1 atom stereocenters. The number of carbonyl (C=O) groups is 1. The highest BCUT2D eigenvalue weighted by Crippen LogP contribution is 2.06. The molecule has 0 saturated carbocycles. The molecule has 0 heterocycles. The Hall–Kier alpha value is -0.613. The van der Waals surface area contributed by atoms with E-state index in [4.69, 9.17) is 9.16 Å². The molecule has 0 N–H and O–H groups in total. The third-order valence-corrected chi connectivity index (χ3v) is 2.51. The number of esters is 1. The summed E-state index contributed by atoms with van der Waals surface area (Å²) >= 11 is 0. The van der Waals surface area contributed by atoms with Crippen molar-refractivity contribution in [2.45, 2.75) is 26.6 Å². The van der Waals surface area contributed by atoms with Gasteiger partial charge in [-0.05, 0) is 19.6 Å². The molecular weight excluding hydrogens is 196 g/mol. The van der Waals surface area contributed by atoms with Crippen molar-refractivity contribution in [2.75, 3.05) is 13.2 Å². The summed E-state index contributed by atoms with van der Waals surface area (Å²) in [4.78, 5) is 10.7. The lowest BCUT2D eigenvalue weighted by Gasteiger charge is -2.20. The van der Waals surface area contributed by atoms with Gasteiger partial charge in [-0.25, -0.2) is 4.79 Å². The fourth-order valence-electron chi connectivity index (χ4n) is 0.724. The second-order valence-electron chi connectivity index (χ2n) is 4.36. The topological polar surface area (TPSA) is 35.5 Å². The smallest absolute Gasteiger partial charge is 0.330 e. The third kappa shape index (κ3) is 8.01. The average Bonchev–Trinajstić information content (AvgIpc) is 2.09. The van der Waals surface area contributed by atoms with Crippen molar-refractivity contribution in [1.29, 1.82) is 0 Å². The lowest BCUT2D eigenvalue weighted by molar-refractivity contribution is -0.139. The highest BCUT2D eigenvalue weighted by molar-refractivity contribution is 6.69. The number of hydrogen-bond acceptors (Lipinski definition) is 3. The highest BCUT2D eigenvalue weighted by Gasteiger charge is 2.16. The summed E-state index contributed by atoms with van der Waals surface area (Å²) in [7, 11) is -1.45. The Morgan fingerprint density at radius 2 is 2.00 bits per heavy atom. The summed E-state index contributed by atoms with van der Waals surface area (Å²) in [5.41, 5.74) is 0. The molecule has 0 aliphatic carbocycles. The Kier molecular flexibility index (Phi) is 5.72. The minimum absolute atomic E-state index is 0.241. The molecule has 82 valence electrons. The maximum Gasteiger partial charge on any atom is 0.330 e. The van der Waals surface area contributed by atoms with E-state index in [0.717, 1.165) is 0 Å². The number of rotatable bonds is 6. The van der Waals surface area contributed by atoms with E-state index >= 15 is 0 Å². The van der Waals surface area contributed by atoms with Crippen molar-refractivity contribution >= 4 is 14.3 Å². The molecule has 0 rings (SSSR count).